The molecule has 1 rings (SSSR count). The van der Waals surface area contributed by atoms with Gasteiger partial charge in [0, 0.05) is 25.4 Å². The molecule has 0 amide bonds. The maximum atomic E-state index is 13.2. The van der Waals surface area contributed by atoms with E-state index in [9.17, 15) is 8.78 Å². The number of hydrogen-bond donors (Lipinski definition) is 1. The zero-order valence-electron chi connectivity index (χ0n) is 11.7. The van der Waals surface area contributed by atoms with Gasteiger partial charge in [-0.15, -0.1) is 0 Å². The van der Waals surface area contributed by atoms with E-state index in [1.54, 1.807) is 0 Å². The van der Waals surface area contributed by atoms with Gasteiger partial charge in [0.05, 0.1) is 0 Å². The highest BCUT2D eigenvalue weighted by atomic mass is 19.3. The summed E-state index contributed by atoms with van der Waals surface area (Å²) in [5, 5.41) is 3.44. The van der Waals surface area contributed by atoms with Crippen molar-refractivity contribution in [3.8, 4) is 0 Å². The zero-order valence-corrected chi connectivity index (χ0v) is 11.7. The molecule has 0 heterocycles. The Morgan fingerprint density at radius 1 is 1.41 bits per heavy atom. The lowest BCUT2D eigenvalue weighted by atomic mass is 9.78. The fraction of sp³-hybridized carbons (Fsp3) is 1.00. The summed E-state index contributed by atoms with van der Waals surface area (Å²) in [6, 6.07) is 0.464. The van der Waals surface area contributed by atoms with E-state index in [0.717, 1.165) is 19.4 Å². The Balaban J connectivity index is 2.45. The monoisotopic (exact) mass is 247 g/mol. The van der Waals surface area contributed by atoms with Crippen LogP contribution in [0.4, 0.5) is 8.78 Å². The number of hydrogen-bond acceptors (Lipinski definition) is 1. The van der Waals surface area contributed by atoms with E-state index in [1.165, 1.54) is 0 Å². The van der Waals surface area contributed by atoms with Gasteiger partial charge in [0.15, 0.2) is 0 Å². The van der Waals surface area contributed by atoms with Crippen LogP contribution >= 0.6 is 0 Å². The number of halogens is 2. The van der Waals surface area contributed by atoms with Crippen LogP contribution in [0.15, 0.2) is 0 Å². The van der Waals surface area contributed by atoms with E-state index in [-0.39, 0.29) is 24.2 Å². The van der Waals surface area contributed by atoms with Gasteiger partial charge in [-0.05, 0) is 30.6 Å². The van der Waals surface area contributed by atoms with Crippen molar-refractivity contribution in [3.05, 3.63) is 0 Å². The van der Waals surface area contributed by atoms with Crippen molar-refractivity contribution in [2.24, 2.45) is 11.3 Å². The van der Waals surface area contributed by atoms with Gasteiger partial charge in [0.2, 0.25) is 5.92 Å². The molecular weight excluding hydrogens is 220 g/mol. The molecule has 0 radical (unpaired) electrons. The van der Waals surface area contributed by atoms with E-state index in [0.29, 0.717) is 12.5 Å². The van der Waals surface area contributed by atoms with Gasteiger partial charge in [-0.2, -0.15) is 0 Å². The minimum absolute atomic E-state index is 0.0923. The minimum Gasteiger partial charge on any atom is -0.314 e. The normalized spacial score (nSPS) is 27.4. The Labute approximate surface area is 104 Å². The van der Waals surface area contributed by atoms with Gasteiger partial charge in [0.1, 0.15) is 0 Å². The molecule has 2 atom stereocenters. The summed E-state index contributed by atoms with van der Waals surface area (Å²) >= 11 is 0. The van der Waals surface area contributed by atoms with Crippen LogP contribution in [0, 0.1) is 11.3 Å². The maximum absolute atomic E-state index is 13.2. The predicted molar refractivity (Wildman–Crippen MR) is 68.4 cm³/mol. The first-order valence-electron chi connectivity index (χ1n) is 6.87. The molecule has 1 aliphatic rings. The van der Waals surface area contributed by atoms with Crippen LogP contribution in [0.1, 0.15) is 59.8 Å². The van der Waals surface area contributed by atoms with Crippen LogP contribution in [0.25, 0.3) is 0 Å². The Kier molecular flexibility index (Phi) is 4.94. The first-order valence-corrected chi connectivity index (χ1v) is 6.87. The second kappa shape index (κ2) is 5.64. The molecule has 1 N–H and O–H groups in total. The van der Waals surface area contributed by atoms with Gasteiger partial charge >= 0.3 is 0 Å². The third-order valence-electron chi connectivity index (χ3n) is 4.08. The van der Waals surface area contributed by atoms with Crippen molar-refractivity contribution in [2.45, 2.75) is 71.8 Å². The number of nitrogens with one attached hydrogen (secondary N) is 1. The van der Waals surface area contributed by atoms with Crippen LogP contribution in [0.2, 0.25) is 0 Å². The van der Waals surface area contributed by atoms with Gasteiger partial charge in [-0.25, -0.2) is 8.78 Å². The summed E-state index contributed by atoms with van der Waals surface area (Å²) in [6.45, 7) is 9.57. The molecule has 0 aromatic carbocycles. The van der Waals surface area contributed by atoms with E-state index < -0.39 is 5.92 Å². The summed E-state index contributed by atoms with van der Waals surface area (Å²) in [6.07, 6.45) is 2.87. The lowest BCUT2D eigenvalue weighted by Gasteiger charge is -2.32. The molecule has 0 saturated heterocycles. The third-order valence-corrected chi connectivity index (χ3v) is 4.08. The first kappa shape index (κ1) is 14.9. The topological polar surface area (TPSA) is 12.0 Å². The summed E-state index contributed by atoms with van der Waals surface area (Å²) < 4.78 is 26.3. The second-order valence-corrected chi connectivity index (χ2v) is 6.37. The van der Waals surface area contributed by atoms with E-state index in [1.807, 2.05) is 0 Å². The quantitative estimate of drug-likeness (QED) is 0.740. The van der Waals surface area contributed by atoms with Crippen LogP contribution < -0.4 is 5.32 Å². The molecule has 0 aromatic rings. The lowest BCUT2D eigenvalue weighted by Crippen LogP contribution is -2.36. The van der Waals surface area contributed by atoms with Crippen molar-refractivity contribution in [2.75, 3.05) is 6.54 Å². The third kappa shape index (κ3) is 4.90. The van der Waals surface area contributed by atoms with Crippen molar-refractivity contribution in [3.63, 3.8) is 0 Å². The van der Waals surface area contributed by atoms with Crippen molar-refractivity contribution < 1.29 is 8.78 Å². The Morgan fingerprint density at radius 2 is 2.06 bits per heavy atom. The molecule has 0 aromatic heterocycles. The van der Waals surface area contributed by atoms with Gasteiger partial charge in [-0.1, -0.05) is 27.7 Å². The maximum Gasteiger partial charge on any atom is 0.248 e. The minimum atomic E-state index is -2.40. The highest BCUT2D eigenvalue weighted by molar-refractivity contribution is 4.87. The van der Waals surface area contributed by atoms with E-state index in [4.69, 9.17) is 0 Å². The molecule has 3 heteroatoms. The Hall–Kier alpha value is -0.180. The van der Waals surface area contributed by atoms with Crippen LogP contribution in [0.5, 0.6) is 0 Å². The van der Waals surface area contributed by atoms with Crippen LogP contribution in [-0.4, -0.2) is 18.5 Å². The predicted octanol–water partition coefficient (Wildman–Crippen LogP) is 4.23. The van der Waals surface area contributed by atoms with Crippen LogP contribution in [-0.2, 0) is 0 Å². The zero-order chi connectivity index (χ0) is 13.1. The second-order valence-electron chi connectivity index (χ2n) is 6.37. The average molecular weight is 247 g/mol. The molecule has 1 nitrogen and oxygen atoms in total. The van der Waals surface area contributed by atoms with Gasteiger partial charge in [-0.3, -0.25) is 0 Å². The smallest absolute Gasteiger partial charge is 0.248 e. The molecular formula is C14H27F2N. The summed E-state index contributed by atoms with van der Waals surface area (Å²) in [4.78, 5) is 0. The van der Waals surface area contributed by atoms with Crippen molar-refractivity contribution in [1.82, 2.24) is 5.32 Å². The fourth-order valence-corrected chi connectivity index (χ4v) is 2.70. The SMILES string of the molecule is CCC(C)(CNC(C)C)CC1CCC(F)(F)C1. The largest absolute Gasteiger partial charge is 0.314 e. The molecule has 17 heavy (non-hydrogen) atoms. The Morgan fingerprint density at radius 3 is 2.47 bits per heavy atom. The number of alkyl halides is 2. The molecule has 1 saturated carbocycles. The molecule has 102 valence electrons. The highest BCUT2D eigenvalue weighted by Gasteiger charge is 2.41. The summed E-state index contributed by atoms with van der Waals surface area (Å²) in [7, 11) is 0. The van der Waals surface area contributed by atoms with Crippen molar-refractivity contribution in [1.29, 1.82) is 0 Å². The van der Waals surface area contributed by atoms with E-state index in [2.05, 4.69) is 33.0 Å². The van der Waals surface area contributed by atoms with Crippen molar-refractivity contribution >= 4 is 0 Å². The molecule has 0 bridgehead atoms. The van der Waals surface area contributed by atoms with Crippen LogP contribution in [0.3, 0.4) is 0 Å². The first-order chi connectivity index (χ1) is 7.76. The fourth-order valence-electron chi connectivity index (χ4n) is 2.70. The molecule has 0 spiro atoms. The molecule has 2 unspecified atom stereocenters. The lowest BCUT2D eigenvalue weighted by molar-refractivity contribution is 0.00278. The summed E-state index contributed by atoms with van der Waals surface area (Å²) in [5.74, 6) is -2.19. The van der Waals surface area contributed by atoms with Gasteiger partial charge < -0.3 is 5.32 Å². The molecule has 0 aliphatic heterocycles. The Bertz CT molecular complexity index is 240. The molecule has 1 aliphatic carbocycles. The van der Waals surface area contributed by atoms with Gasteiger partial charge in [0.25, 0.3) is 0 Å². The number of rotatable bonds is 6. The molecule has 1 fully saturated rings. The highest BCUT2D eigenvalue weighted by Crippen LogP contribution is 2.44. The van der Waals surface area contributed by atoms with E-state index >= 15 is 0 Å². The standard InChI is InChI=1S/C14H27F2N/c1-5-13(4,10-17-11(2)3)8-12-6-7-14(15,16)9-12/h11-12,17H,5-10H2,1-4H3. The summed E-state index contributed by atoms with van der Waals surface area (Å²) in [5.41, 5.74) is 0.162. The average Bonchev–Trinajstić information content (AvgIpc) is 2.55.